The summed E-state index contributed by atoms with van der Waals surface area (Å²) in [6.45, 7) is 6.68. The molecular weight excluding hydrogens is 247 g/mol. The fourth-order valence-electron chi connectivity index (χ4n) is 0.772. The molecule has 7 heteroatoms. The number of phosphoric acid groups is 1. The van der Waals surface area contributed by atoms with E-state index in [0.717, 1.165) is 6.42 Å². The molecule has 0 radical (unpaired) electrons. The van der Waals surface area contributed by atoms with Gasteiger partial charge in [0.1, 0.15) is 6.61 Å². The van der Waals surface area contributed by atoms with Gasteiger partial charge in [-0.25, -0.2) is 9.36 Å². The van der Waals surface area contributed by atoms with Crippen molar-refractivity contribution in [3.05, 3.63) is 12.2 Å². The summed E-state index contributed by atoms with van der Waals surface area (Å²) in [6, 6.07) is 0. The van der Waals surface area contributed by atoms with E-state index in [0.29, 0.717) is 6.42 Å². The first-order chi connectivity index (χ1) is 7.89. The van der Waals surface area contributed by atoms with Gasteiger partial charge in [0.25, 0.3) is 0 Å². The third-order valence-corrected chi connectivity index (χ3v) is 2.69. The lowest BCUT2D eigenvalue weighted by molar-refractivity contribution is -0.139. The maximum atomic E-state index is 11.2. The van der Waals surface area contributed by atoms with Crippen LogP contribution < -0.4 is 0 Å². The van der Waals surface area contributed by atoms with Crippen LogP contribution in [0.3, 0.4) is 0 Å². The van der Waals surface area contributed by atoms with Crippen molar-refractivity contribution in [2.24, 2.45) is 0 Å². The van der Waals surface area contributed by atoms with Crippen LogP contribution in [0.15, 0.2) is 12.2 Å². The molecule has 0 saturated carbocycles. The van der Waals surface area contributed by atoms with Gasteiger partial charge in [0.05, 0.1) is 13.2 Å². The molecule has 0 spiro atoms. The predicted octanol–water partition coefficient (Wildman–Crippen LogP) is 2.04. The van der Waals surface area contributed by atoms with Crippen molar-refractivity contribution < 1.29 is 28.0 Å². The van der Waals surface area contributed by atoms with Crippen LogP contribution in [0.2, 0.25) is 0 Å². The van der Waals surface area contributed by atoms with Crippen LogP contribution in [0.1, 0.15) is 26.7 Å². The van der Waals surface area contributed by atoms with Crippen LogP contribution in [0.5, 0.6) is 0 Å². The minimum Gasteiger partial charge on any atom is -0.460 e. The van der Waals surface area contributed by atoms with E-state index in [1.54, 1.807) is 0 Å². The number of carbonyl (C=O) groups excluding carboxylic acids is 1. The predicted molar refractivity (Wildman–Crippen MR) is 62.4 cm³/mol. The molecule has 0 aliphatic rings. The first-order valence-electron chi connectivity index (χ1n) is 5.33. The zero-order valence-electron chi connectivity index (χ0n) is 10.2. The van der Waals surface area contributed by atoms with E-state index in [2.05, 4.69) is 20.4 Å². The molecule has 1 N–H and O–H groups in total. The molecule has 17 heavy (non-hydrogen) atoms. The normalized spacial score (nSPS) is 14.1. The lowest BCUT2D eigenvalue weighted by atomic mass is 10.4. The summed E-state index contributed by atoms with van der Waals surface area (Å²) in [5.74, 6) is -0.562. The summed E-state index contributed by atoms with van der Waals surface area (Å²) in [5.41, 5.74) is 0.261. The maximum absolute atomic E-state index is 11.2. The highest BCUT2D eigenvalue weighted by atomic mass is 31.2. The van der Waals surface area contributed by atoms with Crippen molar-refractivity contribution in [2.75, 3.05) is 19.8 Å². The number of hydrogen-bond donors (Lipinski definition) is 1. The molecule has 6 nitrogen and oxygen atoms in total. The lowest BCUT2D eigenvalue weighted by Gasteiger charge is -2.11. The Labute approximate surface area is 101 Å². The molecular formula is C10H19O6P. The highest BCUT2D eigenvalue weighted by Crippen LogP contribution is 2.42. The van der Waals surface area contributed by atoms with Gasteiger partial charge < -0.3 is 9.63 Å². The summed E-state index contributed by atoms with van der Waals surface area (Å²) >= 11 is 0. The van der Waals surface area contributed by atoms with E-state index < -0.39 is 13.8 Å². The first-order valence-corrected chi connectivity index (χ1v) is 6.83. The van der Waals surface area contributed by atoms with E-state index in [1.165, 1.54) is 6.92 Å². The average molecular weight is 266 g/mol. The molecule has 0 aromatic rings. The largest absolute Gasteiger partial charge is 0.472 e. The third kappa shape index (κ3) is 9.06. The monoisotopic (exact) mass is 266 g/mol. The fourth-order valence-corrected chi connectivity index (χ4v) is 1.51. The first kappa shape index (κ1) is 16.3. The zero-order valence-corrected chi connectivity index (χ0v) is 11.1. The molecule has 0 aliphatic carbocycles. The number of phosphoric ester groups is 1. The molecule has 0 amide bonds. The van der Waals surface area contributed by atoms with Crippen LogP contribution in [-0.4, -0.2) is 30.7 Å². The molecule has 0 saturated heterocycles. The van der Waals surface area contributed by atoms with Crippen molar-refractivity contribution >= 4 is 13.8 Å². The number of esters is 1. The number of hydrogen-bond acceptors (Lipinski definition) is 5. The Balaban J connectivity index is 3.69. The van der Waals surface area contributed by atoms with Gasteiger partial charge in [0.15, 0.2) is 0 Å². The summed E-state index contributed by atoms with van der Waals surface area (Å²) in [4.78, 5) is 20.1. The average Bonchev–Trinajstić information content (AvgIpc) is 2.24. The highest BCUT2D eigenvalue weighted by molar-refractivity contribution is 7.47. The van der Waals surface area contributed by atoms with E-state index in [9.17, 15) is 9.36 Å². The van der Waals surface area contributed by atoms with Gasteiger partial charge in [0, 0.05) is 5.57 Å². The minimum atomic E-state index is -4.02. The van der Waals surface area contributed by atoms with Crippen LogP contribution in [-0.2, 0) is 23.1 Å². The van der Waals surface area contributed by atoms with Crippen LogP contribution in [0.25, 0.3) is 0 Å². The van der Waals surface area contributed by atoms with Crippen molar-refractivity contribution in [1.82, 2.24) is 0 Å². The fraction of sp³-hybridized carbons (Fsp3) is 0.700. The van der Waals surface area contributed by atoms with Crippen LogP contribution in [0.4, 0.5) is 0 Å². The van der Waals surface area contributed by atoms with E-state index >= 15 is 0 Å². The van der Waals surface area contributed by atoms with Gasteiger partial charge in [-0.2, -0.15) is 0 Å². The molecule has 0 aromatic carbocycles. The topological polar surface area (TPSA) is 82.1 Å². The Bertz CT molecular complexity index is 301. The smallest absolute Gasteiger partial charge is 0.460 e. The van der Waals surface area contributed by atoms with Crippen LogP contribution in [0, 0.1) is 0 Å². The molecule has 1 unspecified atom stereocenters. The van der Waals surface area contributed by atoms with E-state index in [1.807, 2.05) is 6.92 Å². The molecule has 0 bridgehead atoms. The Morgan fingerprint density at radius 2 is 1.88 bits per heavy atom. The van der Waals surface area contributed by atoms with Gasteiger partial charge >= 0.3 is 13.8 Å². The van der Waals surface area contributed by atoms with Crippen LogP contribution >= 0.6 is 7.82 Å². The Hall–Kier alpha value is -0.680. The molecule has 100 valence electrons. The number of rotatable bonds is 9. The second-order valence-electron chi connectivity index (χ2n) is 3.40. The lowest BCUT2D eigenvalue weighted by Crippen LogP contribution is -2.10. The molecule has 1 atom stereocenters. The molecule has 0 aliphatic heterocycles. The number of unbranched alkanes of at least 4 members (excludes halogenated alkanes) is 1. The summed E-state index contributed by atoms with van der Waals surface area (Å²) in [7, 11) is -4.02. The maximum Gasteiger partial charge on any atom is 0.472 e. The minimum absolute atomic E-state index is 0.118. The van der Waals surface area contributed by atoms with E-state index in [-0.39, 0.29) is 25.4 Å². The van der Waals surface area contributed by atoms with Gasteiger partial charge in [-0.1, -0.05) is 19.9 Å². The third-order valence-electron chi connectivity index (χ3n) is 1.67. The van der Waals surface area contributed by atoms with Gasteiger partial charge in [0.2, 0.25) is 0 Å². The Morgan fingerprint density at radius 3 is 2.41 bits per heavy atom. The SMILES string of the molecule is C=C(C)C(=O)OCCOP(=O)(O)OCCCC. The Kier molecular flexibility index (Phi) is 8.08. The van der Waals surface area contributed by atoms with Gasteiger partial charge in [-0.05, 0) is 13.3 Å². The molecule has 0 rings (SSSR count). The second kappa shape index (κ2) is 8.42. The van der Waals surface area contributed by atoms with Gasteiger partial charge in [-0.3, -0.25) is 9.05 Å². The summed E-state index contributed by atoms with van der Waals surface area (Å²) in [5, 5.41) is 0. The van der Waals surface area contributed by atoms with Gasteiger partial charge in [-0.15, -0.1) is 0 Å². The van der Waals surface area contributed by atoms with Crippen molar-refractivity contribution in [3.63, 3.8) is 0 Å². The van der Waals surface area contributed by atoms with Crippen molar-refractivity contribution in [2.45, 2.75) is 26.7 Å². The summed E-state index contributed by atoms with van der Waals surface area (Å²) < 4.78 is 25.1. The molecule has 0 fully saturated rings. The number of carbonyl (C=O) groups is 1. The quantitative estimate of drug-likeness (QED) is 0.297. The molecule has 0 heterocycles. The van der Waals surface area contributed by atoms with E-state index in [4.69, 9.17) is 4.89 Å². The standard InChI is InChI=1S/C10H19O6P/c1-4-5-6-15-17(12,13)16-8-7-14-10(11)9(2)3/h2,4-8H2,1,3H3,(H,12,13). The number of ether oxygens (including phenoxy) is 1. The zero-order chi connectivity index (χ0) is 13.3. The Morgan fingerprint density at radius 1 is 1.29 bits per heavy atom. The van der Waals surface area contributed by atoms with Crippen molar-refractivity contribution in [1.29, 1.82) is 0 Å². The van der Waals surface area contributed by atoms with Crippen molar-refractivity contribution in [3.8, 4) is 0 Å². The molecule has 0 aromatic heterocycles. The highest BCUT2D eigenvalue weighted by Gasteiger charge is 2.20. The summed E-state index contributed by atoms with van der Waals surface area (Å²) in [6.07, 6.45) is 1.54. The second-order valence-corrected chi connectivity index (χ2v) is 4.86.